The van der Waals surface area contributed by atoms with Crippen molar-refractivity contribution in [2.24, 2.45) is 0 Å². The van der Waals surface area contributed by atoms with Crippen LogP contribution in [-0.4, -0.2) is 62.1 Å². The average molecular weight is 1080 g/mol. The molecule has 6 rings (SSSR count). The molecular formula is C40H24Cl4F6N6O11S2. The van der Waals surface area contributed by atoms with Gasteiger partial charge in [-0.1, -0.05) is 70.7 Å². The third-order valence-corrected chi connectivity index (χ3v) is 13.1. The number of benzene rings is 4. The maximum absolute atomic E-state index is 13.5. The van der Waals surface area contributed by atoms with Crippen molar-refractivity contribution in [3.05, 3.63) is 183 Å². The first-order valence-corrected chi connectivity index (χ1v) is 22.7. The number of methoxy groups -OCH3 is 1. The Morgan fingerprint density at radius 3 is 1.58 bits per heavy atom. The summed E-state index contributed by atoms with van der Waals surface area (Å²) in [5, 5.41) is 21.0. The number of para-hydroxylation sites is 2. The quantitative estimate of drug-likeness (QED) is 0.0351. The van der Waals surface area contributed by atoms with Crippen molar-refractivity contribution in [1.82, 2.24) is 9.97 Å². The summed E-state index contributed by atoms with van der Waals surface area (Å²) in [6, 6.07) is 15.7. The Morgan fingerprint density at radius 2 is 1.10 bits per heavy atom. The van der Waals surface area contributed by atoms with Gasteiger partial charge in [-0.25, -0.2) is 31.1 Å². The number of hydrogen-bond donors (Lipinski definition) is 1. The lowest BCUT2D eigenvalue weighted by molar-refractivity contribution is -0.385. The van der Waals surface area contributed by atoms with Crippen LogP contribution in [0.15, 0.2) is 119 Å². The fourth-order valence-corrected chi connectivity index (χ4v) is 9.13. The Labute approximate surface area is 404 Å². The molecule has 0 unspecified atom stereocenters. The predicted molar refractivity (Wildman–Crippen MR) is 237 cm³/mol. The third-order valence-electron chi connectivity index (χ3n) is 8.95. The molecule has 0 saturated carbocycles. The molecule has 29 heteroatoms. The lowest BCUT2D eigenvalue weighted by atomic mass is 10.0. The number of ketones is 2. The number of nitrogens with zero attached hydrogens (tertiary/aromatic N) is 5. The first-order chi connectivity index (χ1) is 32.1. The molecule has 69 heavy (non-hydrogen) atoms. The highest BCUT2D eigenvalue weighted by atomic mass is 35.5. The van der Waals surface area contributed by atoms with Gasteiger partial charge in [-0.2, -0.15) is 26.3 Å². The highest BCUT2D eigenvalue weighted by Gasteiger charge is 2.38. The van der Waals surface area contributed by atoms with Crippen molar-refractivity contribution in [3.8, 4) is 0 Å². The Balaban J connectivity index is 0.000000258. The molecular weight excluding hydrogens is 1060 g/mol. The van der Waals surface area contributed by atoms with E-state index in [9.17, 15) is 73.0 Å². The molecule has 2 aromatic heterocycles. The van der Waals surface area contributed by atoms with E-state index in [2.05, 4.69) is 9.97 Å². The van der Waals surface area contributed by atoms with Gasteiger partial charge in [0.15, 0.2) is 0 Å². The largest absolute Gasteiger partial charge is 0.417 e. The summed E-state index contributed by atoms with van der Waals surface area (Å²) in [6.45, 7) is -0.772. The zero-order valence-corrected chi connectivity index (χ0v) is 38.6. The van der Waals surface area contributed by atoms with E-state index in [4.69, 9.17) is 51.1 Å². The fraction of sp³-hybridized carbons (Fsp3) is 0.100. The van der Waals surface area contributed by atoms with Gasteiger partial charge in [0.05, 0.1) is 62.2 Å². The molecule has 0 aliphatic rings. The average Bonchev–Trinajstić information content (AvgIpc) is 3.27. The molecule has 0 saturated heterocycles. The number of ether oxygens (including phenoxy) is 1. The number of alkyl halides is 6. The number of halogens is 10. The lowest BCUT2D eigenvalue weighted by Crippen LogP contribution is -2.34. The van der Waals surface area contributed by atoms with Gasteiger partial charge in [-0.05, 0) is 60.7 Å². The zero-order chi connectivity index (χ0) is 51.4. The number of nitrogens with one attached hydrogen (secondary N) is 1. The van der Waals surface area contributed by atoms with Crippen molar-refractivity contribution < 1.29 is 67.4 Å². The van der Waals surface area contributed by atoms with Crippen molar-refractivity contribution in [3.63, 3.8) is 0 Å². The molecule has 17 nitrogen and oxygen atoms in total. The second kappa shape index (κ2) is 21.0. The molecule has 6 aromatic rings. The summed E-state index contributed by atoms with van der Waals surface area (Å²) < 4.78 is 139. The number of aromatic nitrogens is 2. The van der Waals surface area contributed by atoms with E-state index in [1.54, 1.807) is 0 Å². The highest BCUT2D eigenvalue weighted by Crippen LogP contribution is 2.39. The van der Waals surface area contributed by atoms with Gasteiger partial charge in [0, 0.05) is 31.6 Å². The maximum atomic E-state index is 13.5. The van der Waals surface area contributed by atoms with Crippen molar-refractivity contribution in [2.75, 3.05) is 22.9 Å². The van der Waals surface area contributed by atoms with Gasteiger partial charge in [0.1, 0.15) is 29.2 Å². The van der Waals surface area contributed by atoms with Crippen LogP contribution in [-0.2, 0) is 37.1 Å². The number of nitro groups is 2. The van der Waals surface area contributed by atoms with Gasteiger partial charge in [0.25, 0.3) is 31.4 Å². The van der Waals surface area contributed by atoms with Crippen LogP contribution in [0.1, 0.15) is 43.2 Å². The Hall–Kier alpha value is -6.48. The van der Waals surface area contributed by atoms with Crippen molar-refractivity contribution in [2.45, 2.75) is 22.1 Å². The molecule has 0 aliphatic heterocycles. The van der Waals surface area contributed by atoms with E-state index in [-0.39, 0.29) is 15.6 Å². The van der Waals surface area contributed by atoms with Gasteiger partial charge in [-0.3, -0.25) is 34.5 Å². The SMILES string of the molecule is COCN(c1cc(Cl)cnc1C(=O)c1ccccc1[N+](=O)[O-])S(=O)(=O)c1ccc(Cl)c(C(F)(F)F)c1.O=C(c1ccccc1[N+](=O)[O-])c1ncc(Cl)cc1NS(=O)(=O)c1ccc(Cl)c(C(F)(F)F)c1. The zero-order valence-electron chi connectivity index (χ0n) is 33.9. The maximum Gasteiger partial charge on any atom is 0.417 e. The molecule has 1 N–H and O–H groups in total. The number of carbonyl (C=O) groups excluding carboxylic acids is 2. The van der Waals surface area contributed by atoms with Gasteiger partial charge in [0.2, 0.25) is 11.6 Å². The summed E-state index contributed by atoms with van der Waals surface area (Å²) in [6.07, 6.45) is -7.87. The van der Waals surface area contributed by atoms with Gasteiger partial charge >= 0.3 is 12.4 Å². The minimum Gasteiger partial charge on any atom is -0.363 e. The summed E-state index contributed by atoms with van der Waals surface area (Å²) in [5.41, 5.74) is -6.79. The second-order valence-corrected chi connectivity index (χ2v) is 18.7. The van der Waals surface area contributed by atoms with Crippen LogP contribution in [0.2, 0.25) is 20.1 Å². The number of anilines is 2. The Kier molecular flexibility index (Phi) is 16.3. The van der Waals surface area contributed by atoms with Crippen LogP contribution in [0.5, 0.6) is 0 Å². The van der Waals surface area contributed by atoms with Crippen LogP contribution in [0.4, 0.5) is 49.1 Å². The molecule has 2 heterocycles. The molecule has 0 amide bonds. The Bertz CT molecular complexity index is 3260. The van der Waals surface area contributed by atoms with Crippen LogP contribution >= 0.6 is 46.4 Å². The summed E-state index contributed by atoms with van der Waals surface area (Å²) in [4.78, 5) is 53.3. The van der Waals surface area contributed by atoms with E-state index >= 15 is 0 Å². The summed E-state index contributed by atoms with van der Waals surface area (Å²) in [5.74, 6) is -2.04. The number of sulfonamides is 2. The van der Waals surface area contributed by atoms with Crippen molar-refractivity contribution >= 4 is 101 Å². The summed E-state index contributed by atoms with van der Waals surface area (Å²) in [7, 11) is -8.42. The van der Waals surface area contributed by atoms with E-state index in [1.807, 2.05) is 4.72 Å². The lowest BCUT2D eigenvalue weighted by Gasteiger charge is -2.25. The number of hydrogen-bond acceptors (Lipinski definition) is 13. The molecule has 4 aromatic carbocycles. The molecule has 0 bridgehead atoms. The van der Waals surface area contributed by atoms with Crippen LogP contribution < -0.4 is 9.03 Å². The number of nitro benzene ring substituents is 2. The first kappa shape index (κ1) is 53.5. The fourth-order valence-electron chi connectivity index (χ4n) is 5.88. The smallest absolute Gasteiger partial charge is 0.363 e. The number of pyridine rings is 2. The third kappa shape index (κ3) is 12.2. The van der Waals surface area contributed by atoms with Crippen LogP contribution in [0, 0.1) is 20.2 Å². The molecule has 0 aliphatic carbocycles. The molecule has 0 radical (unpaired) electrons. The highest BCUT2D eigenvalue weighted by molar-refractivity contribution is 7.93. The van der Waals surface area contributed by atoms with E-state index < -0.39 is 131 Å². The second-order valence-electron chi connectivity index (χ2n) is 13.4. The monoisotopic (exact) mass is 1080 g/mol. The Morgan fingerprint density at radius 1 is 0.667 bits per heavy atom. The van der Waals surface area contributed by atoms with Crippen LogP contribution in [0.3, 0.4) is 0 Å². The van der Waals surface area contributed by atoms with E-state index in [0.29, 0.717) is 16.4 Å². The molecule has 0 fully saturated rings. The topological polar surface area (TPSA) is 239 Å². The summed E-state index contributed by atoms with van der Waals surface area (Å²) >= 11 is 23.0. The first-order valence-electron chi connectivity index (χ1n) is 18.3. The normalized spacial score (nSPS) is 11.8. The van der Waals surface area contributed by atoms with Crippen LogP contribution in [0.25, 0.3) is 0 Å². The molecule has 0 atom stereocenters. The van der Waals surface area contributed by atoms with Crippen molar-refractivity contribution in [1.29, 1.82) is 0 Å². The number of rotatable bonds is 14. The minimum atomic E-state index is -4.96. The number of carbonyl (C=O) groups is 2. The molecule has 362 valence electrons. The van der Waals surface area contributed by atoms with Gasteiger partial charge in [-0.15, -0.1) is 0 Å². The van der Waals surface area contributed by atoms with Gasteiger partial charge < -0.3 is 4.74 Å². The molecule has 0 spiro atoms. The minimum absolute atomic E-state index is 0.112. The van der Waals surface area contributed by atoms with E-state index in [0.717, 1.165) is 80.2 Å². The van der Waals surface area contributed by atoms with E-state index in [1.165, 1.54) is 24.3 Å². The predicted octanol–water partition coefficient (Wildman–Crippen LogP) is 10.7. The standard InChI is InChI=1S/C21H14Cl2F3N3O6S.C19H10Cl2F3N3O5S/c1-35-11-28(36(33,34)13-6-7-16(23)15(9-13)21(24,25)26)18-8-12(22)10-27-19(18)20(30)14-4-2-3-5-17(14)29(31)32;20-10-7-15(17(25-9-10)18(28)12-3-1-2-4-16(12)27(29)30)26-33(31,32)11-5-6-14(21)13(8-11)19(22,23)24/h2-10H,11H2,1H3;1-9,26H.